The number of nitrogens with zero attached hydrogens (tertiary/aromatic N) is 2. The van der Waals surface area contributed by atoms with Gasteiger partial charge in [-0.25, -0.2) is 0 Å². The number of ether oxygens (including phenoxy) is 1. The van der Waals surface area contributed by atoms with E-state index in [1.165, 1.54) is 0 Å². The Morgan fingerprint density at radius 1 is 1.09 bits per heavy atom. The second-order valence-electron chi connectivity index (χ2n) is 5.51. The zero-order valence-electron chi connectivity index (χ0n) is 12.6. The second kappa shape index (κ2) is 6.56. The zero-order chi connectivity index (χ0) is 15.4. The summed E-state index contributed by atoms with van der Waals surface area (Å²) in [6, 6.07) is 11.3. The standard InChI is InChI=1S/C17H19N3O2/c1-22-16-11-10-15(19-20-16)12-6-8-14(9-7-12)18-17(21)13-4-2-3-5-13/h6-11,13H,2-5H2,1H3,(H,18,21). The number of rotatable bonds is 4. The van der Waals surface area contributed by atoms with E-state index in [0.29, 0.717) is 5.88 Å². The molecule has 1 heterocycles. The van der Waals surface area contributed by atoms with Gasteiger partial charge in [-0.15, -0.1) is 10.2 Å². The topological polar surface area (TPSA) is 64.1 Å². The Balaban J connectivity index is 1.67. The van der Waals surface area contributed by atoms with Crippen LogP contribution in [-0.4, -0.2) is 23.2 Å². The Kier molecular flexibility index (Phi) is 4.32. The minimum absolute atomic E-state index is 0.134. The molecule has 5 heteroatoms. The molecule has 1 amide bonds. The summed E-state index contributed by atoms with van der Waals surface area (Å²) in [5.74, 6) is 0.797. The van der Waals surface area contributed by atoms with E-state index in [4.69, 9.17) is 4.74 Å². The van der Waals surface area contributed by atoms with Crippen LogP contribution in [-0.2, 0) is 4.79 Å². The number of aromatic nitrogens is 2. The summed E-state index contributed by atoms with van der Waals surface area (Å²) in [4.78, 5) is 12.1. The maximum absolute atomic E-state index is 12.1. The van der Waals surface area contributed by atoms with Crippen molar-refractivity contribution in [2.24, 2.45) is 5.92 Å². The summed E-state index contributed by atoms with van der Waals surface area (Å²) in [5.41, 5.74) is 2.55. The average Bonchev–Trinajstić information content (AvgIpc) is 3.10. The molecule has 5 nitrogen and oxygen atoms in total. The van der Waals surface area contributed by atoms with E-state index >= 15 is 0 Å². The van der Waals surface area contributed by atoms with Gasteiger partial charge in [0.25, 0.3) is 0 Å². The first kappa shape index (κ1) is 14.5. The Morgan fingerprint density at radius 3 is 2.41 bits per heavy atom. The van der Waals surface area contributed by atoms with Gasteiger partial charge in [-0.2, -0.15) is 0 Å². The van der Waals surface area contributed by atoms with E-state index in [0.717, 1.165) is 42.6 Å². The molecule has 1 N–H and O–H groups in total. The molecular weight excluding hydrogens is 278 g/mol. The molecule has 2 aromatic rings. The number of hydrogen-bond donors (Lipinski definition) is 1. The van der Waals surface area contributed by atoms with Gasteiger partial charge in [-0.05, 0) is 31.0 Å². The molecular formula is C17H19N3O2. The number of amides is 1. The van der Waals surface area contributed by atoms with Crippen molar-refractivity contribution in [2.75, 3.05) is 12.4 Å². The Morgan fingerprint density at radius 2 is 1.82 bits per heavy atom. The normalized spacial score (nSPS) is 14.8. The monoisotopic (exact) mass is 297 g/mol. The Hall–Kier alpha value is -2.43. The molecule has 1 aliphatic carbocycles. The molecule has 0 aliphatic heterocycles. The van der Waals surface area contributed by atoms with Crippen molar-refractivity contribution in [1.82, 2.24) is 10.2 Å². The number of carbonyl (C=O) groups excluding carboxylic acids is 1. The van der Waals surface area contributed by atoms with Crippen LogP contribution in [0.3, 0.4) is 0 Å². The number of nitrogens with one attached hydrogen (secondary N) is 1. The molecule has 0 unspecified atom stereocenters. The largest absolute Gasteiger partial charge is 0.480 e. The summed E-state index contributed by atoms with van der Waals surface area (Å²) < 4.78 is 5.00. The number of carbonyl (C=O) groups is 1. The van der Waals surface area contributed by atoms with Gasteiger partial charge in [-0.3, -0.25) is 4.79 Å². The van der Waals surface area contributed by atoms with Gasteiger partial charge in [0.05, 0.1) is 12.8 Å². The van der Waals surface area contributed by atoms with Gasteiger partial charge in [0, 0.05) is 23.2 Å². The van der Waals surface area contributed by atoms with Gasteiger partial charge in [0.2, 0.25) is 11.8 Å². The first-order chi connectivity index (χ1) is 10.8. The summed E-state index contributed by atoms with van der Waals surface area (Å²) in [6.07, 6.45) is 4.33. The lowest BCUT2D eigenvalue weighted by molar-refractivity contribution is -0.119. The van der Waals surface area contributed by atoms with Crippen LogP contribution in [0.4, 0.5) is 5.69 Å². The second-order valence-corrected chi connectivity index (χ2v) is 5.51. The molecule has 0 radical (unpaired) electrons. The Bertz CT molecular complexity index is 632. The SMILES string of the molecule is COc1ccc(-c2ccc(NC(=O)C3CCCC3)cc2)nn1. The first-order valence-electron chi connectivity index (χ1n) is 7.55. The molecule has 0 bridgehead atoms. The molecule has 0 saturated heterocycles. The molecule has 1 aromatic heterocycles. The summed E-state index contributed by atoms with van der Waals surface area (Å²) >= 11 is 0. The highest BCUT2D eigenvalue weighted by Gasteiger charge is 2.22. The predicted molar refractivity (Wildman–Crippen MR) is 84.6 cm³/mol. The van der Waals surface area contributed by atoms with Crippen molar-refractivity contribution >= 4 is 11.6 Å². The van der Waals surface area contributed by atoms with Crippen molar-refractivity contribution in [1.29, 1.82) is 0 Å². The average molecular weight is 297 g/mol. The van der Waals surface area contributed by atoms with E-state index in [2.05, 4.69) is 15.5 Å². The van der Waals surface area contributed by atoms with Crippen molar-refractivity contribution in [2.45, 2.75) is 25.7 Å². The number of hydrogen-bond acceptors (Lipinski definition) is 4. The maximum atomic E-state index is 12.1. The molecule has 1 saturated carbocycles. The highest BCUT2D eigenvalue weighted by atomic mass is 16.5. The molecule has 3 rings (SSSR count). The van der Waals surface area contributed by atoms with Crippen LogP contribution in [0.1, 0.15) is 25.7 Å². The lowest BCUT2D eigenvalue weighted by Gasteiger charge is -2.10. The van der Waals surface area contributed by atoms with Crippen LogP contribution in [0.2, 0.25) is 0 Å². The minimum Gasteiger partial charge on any atom is -0.480 e. The highest BCUT2D eigenvalue weighted by molar-refractivity contribution is 5.92. The number of anilines is 1. The maximum Gasteiger partial charge on any atom is 0.233 e. The number of benzene rings is 1. The van der Waals surface area contributed by atoms with E-state index in [-0.39, 0.29) is 11.8 Å². The smallest absolute Gasteiger partial charge is 0.233 e. The van der Waals surface area contributed by atoms with Crippen LogP contribution in [0, 0.1) is 5.92 Å². The van der Waals surface area contributed by atoms with Crippen molar-refractivity contribution in [3.05, 3.63) is 36.4 Å². The third-order valence-electron chi connectivity index (χ3n) is 4.02. The fourth-order valence-electron chi connectivity index (χ4n) is 2.74. The van der Waals surface area contributed by atoms with E-state index in [1.807, 2.05) is 30.3 Å². The zero-order valence-corrected chi connectivity index (χ0v) is 12.6. The minimum atomic E-state index is 0.134. The summed E-state index contributed by atoms with van der Waals surface area (Å²) in [6.45, 7) is 0. The molecule has 1 fully saturated rings. The van der Waals surface area contributed by atoms with E-state index < -0.39 is 0 Å². The molecule has 1 aromatic carbocycles. The van der Waals surface area contributed by atoms with Gasteiger partial charge in [0.1, 0.15) is 0 Å². The molecule has 22 heavy (non-hydrogen) atoms. The highest BCUT2D eigenvalue weighted by Crippen LogP contribution is 2.26. The summed E-state index contributed by atoms with van der Waals surface area (Å²) in [5, 5.41) is 11.1. The molecule has 114 valence electrons. The van der Waals surface area contributed by atoms with Crippen LogP contribution in [0.15, 0.2) is 36.4 Å². The van der Waals surface area contributed by atoms with Crippen LogP contribution < -0.4 is 10.1 Å². The van der Waals surface area contributed by atoms with Crippen molar-refractivity contribution < 1.29 is 9.53 Å². The fourth-order valence-corrected chi connectivity index (χ4v) is 2.74. The third kappa shape index (κ3) is 3.24. The fraction of sp³-hybridized carbons (Fsp3) is 0.353. The van der Waals surface area contributed by atoms with Crippen LogP contribution >= 0.6 is 0 Å². The van der Waals surface area contributed by atoms with Crippen LogP contribution in [0.5, 0.6) is 5.88 Å². The van der Waals surface area contributed by atoms with Crippen molar-refractivity contribution in [3.8, 4) is 17.1 Å². The molecule has 0 spiro atoms. The molecule has 0 atom stereocenters. The first-order valence-corrected chi connectivity index (χ1v) is 7.55. The van der Waals surface area contributed by atoms with Crippen molar-refractivity contribution in [3.63, 3.8) is 0 Å². The number of methoxy groups -OCH3 is 1. The lowest BCUT2D eigenvalue weighted by Crippen LogP contribution is -2.20. The van der Waals surface area contributed by atoms with Gasteiger partial charge in [0.15, 0.2) is 0 Å². The van der Waals surface area contributed by atoms with Gasteiger partial charge < -0.3 is 10.1 Å². The van der Waals surface area contributed by atoms with Gasteiger partial charge in [-0.1, -0.05) is 25.0 Å². The van der Waals surface area contributed by atoms with E-state index in [9.17, 15) is 4.79 Å². The quantitative estimate of drug-likeness (QED) is 0.940. The third-order valence-corrected chi connectivity index (χ3v) is 4.02. The van der Waals surface area contributed by atoms with Gasteiger partial charge >= 0.3 is 0 Å². The van der Waals surface area contributed by atoms with E-state index in [1.54, 1.807) is 13.2 Å². The Labute approximate surface area is 129 Å². The lowest BCUT2D eigenvalue weighted by atomic mass is 10.1. The predicted octanol–water partition coefficient (Wildman–Crippen LogP) is 3.28. The summed E-state index contributed by atoms with van der Waals surface area (Å²) in [7, 11) is 1.56. The van der Waals surface area contributed by atoms with Crippen LogP contribution in [0.25, 0.3) is 11.3 Å². The molecule has 1 aliphatic rings.